The zero-order chi connectivity index (χ0) is 22.9. The Kier molecular flexibility index (Phi) is 5.98. The van der Waals surface area contributed by atoms with Crippen molar-refractivity contribution in [2.24, 2.45) is 0 Å². The molecule has 0 amide bonds. The summed E-state index contributed by atoms with van der Waals surface area (Å²) >= 11 is 18.8. The molecule has 0 aliphatic heterocycles. The lowest BCUT2D eigenvalue weighted by atomic mass is 10.1. The minimum Gasteiger partial charge on any atom is -0.332 e. The Morgan fingerprint density at radius 1 is 0.848 bits per heavy atom. The molecule has 3 aromatic carbocycles. The van der Waals surface area contributed by atoms with Gasteiger partial charge in [-0.25, -0.2) is 9.67 Å². The fraction of sp³-hybridized carbons (Fsp3) is 0.0769. The number of nitrogens with zero attached hydrogens (tertiary/aromatic N) is 4. The smallest absolute Gasteiger partial charge is 0.116 e. The van der Waals surface area contributed by atoms with Crippen LogP contribution in [-0.2, 0) is 6.54 Å². The van der Waals surface area contributed by atoms with E-state index in [9.17, 15) is 0 Å². The summed E-state index contributed by atoms with van der Waals surface area (Å²) in [6.07, 6.45) is 3.85. The van der Waals surface area contributed by atoms with E-state index in [2.05, 4.69) is 21.7 Å². The van der Waals surface area contributed by atoms with E-state index in [-0.39, 0.29) is 0 Å². The Bertz CT molecular complexity index is 1420. The van der Waals surface area contributed by atoms with Crippen molar-refractivity contribution in [1.82, 2.24) is 19.3 Å². The Morgan fingerprint density at radius 3 is 2.30 bits per heavy atom. The van der Waals surface area contributed by atoms with Gasteiger partial charge >= 0.3 is 0 Å². The van der Waals surface area contributed by atoms with Crippen molar-refractivity contribution in [3.05, 3.63) is 112 Å². The lowest BCUT2D eigenvalue weighted by Crippen LogP contribution is -2.00. The van der Waals surface area contributed by atoms with Gasteiger partial charge in [0.25, 0.3) is 0 Å². The van der Waals surface area contributed by atoms with E-state index in [1.807, 2.05) is 72.7 Å². The van der Waals surface area contributed by atoms with Crippen LogP contribution in [0.1, 0.15) is 11.1 Å². The summed E-state index contributed by atoms with van der Waals surface area (Å²) in [5, 5.41) is 6.70. The normalized spacial score (nSPS) is 11.2. The number of halogens is 3. The van der Waals surface area contributed by atoms with Crippen LogP contribution >= 0.6 is 34.8 Å². The highest BCUT2D eigenvalue weighted by Gasteiger charge is 2.21. The topological polar surface area (TPSA) is 35.6 Å². The molecule has 0 unspecified atom stereocenters. The third-order valence-electron chi connectivity index (χ3n) is 5.46. The summed E-state index contributed by atoms with van der Waals surface area (Å²) < 4.78 is 3.91. The van der Waals surface area contributed by atoms with Crippen molar-refractivity contribution in [2.75, 3.05) is 0 Å². The van der Waals surface area contributed by atoms with E-state index in [4.69, 9.17) is 39.9 Å². The van der Waals surface area contributed by atoms with E-state index >= 15 is 0 Å². The van der Waals surface area contributed by atoms with Gasteiger partial charge in [0.1, 0.15) is 11.4 Å². The fourth-order valence-corrected chi connectivity index (χ4v) is 4.49. The average Bonchev–Trinajstić information content (AvgIpc) is 3.39. The van der Waals surface area contributed by atoms with E-state index in [0.29, 0.717) is 15.1 Å². The molecular formula is C26H19Cl3N4. The first-order valence-electron chi connectivity index (χ1n) is 10.4. The van der Waals surface area contributed by atoms with Crippen LogP contribution in [0.2, 0.25) is 15.1 Å². The summed E-state index contributed by atoms with van der Waals surface area (Å²) in [4.78, 5) is 4.65. The van der Waals surface area contributed by atoms with Crippen molar-refractivity contribution < 1.29 is 0 Å². The molecule has 0 bridgehead atoms. The molecule has 0 saturated carbocycles. The molecule has 2 aromatic heterocycles. The van der Waals surface area contributed by atoms with Crippen molar-refractivity contribution >= 4 is 34.8 Å². The maximum absolute atomic E-state index is 6.56. The first-order chi connectivity index (χ1) is 16.0. The SMILES string of the molecule is Cc1c(-c2cn(Cc3ccccc3)cn2)nn(-c2ccc(Cl)cc2Cl)c1-c1ccc(Cl)cc1. The van der Waals surface area contributed by atoms with Crippen LogP contribution in [0.3, 0.4) is 0 Å². The van der Waals surface area contributed by atoms with Gasteiger partial charge in [-0.3, -0.25) is 0 Å². The molecule has 33 heavy (non-hydrogen) atoms. The lowest BCUT2D eigenvalue weighted by Gasteiger charge is -2.11. The molecule has 0 atom stereocenters. The van der Waals surface area contributed by atoms with Gasteiger partial charge in [-0.1, -0.05) is 77.3 Å². The second kappa shape index (κ2) is 9.06. The molecule has 2 heterocycles. The minimum atomic E-state index is 0.515. The molecule has 0 aliphatic carbocycles. The number of rotatable bonds is 5. The molecule has 0 spiro atoms. The minimum absolute atomic E-state index is 0.515. The lowest BCUT2D eigenvalue weighted by molar-refractivity contribution is 0.797. The molecule has 5 aromatic rings. The predicted octanol–water partition coefficient (Wildman–Crippen LogP) is 7.72. The number of aromatic nitrogens is 4. The highest BCUT2D eigenvalue weighted by atomic mass is 35.5. The number of imidazole rings is 1. The third-order valence-corrected chi connectivity index (χ3v) is 6.25. The van der Waals surface area contributed by atoms with Gasteiger partial charge in [0.15, 0.2) is 0 Å². The second-order valence-corrected chi connectivity index (χ2v) is 9.03. The predicted molar refractivity (Wildman–Crippen MR) is 136 cm³/mol. The summed E-state index contributed by atoms with van der Waals surface area (Å²) in [7, 11) is 0. The van der Waals surface area contributed by atoms with Crippen molar-refractivity contribution in [1.29, 1.82) is 0 Å². The van der Waals surface area contributed by atoms with Crippen molar-refractivity contribution in [3.8, 4) is 28.3 Å². The van der Waals surface area contributed by atoms with Gasteiger partial charge in [-0.15, -0.1) is 0 Å². The van der Waals surface area contributed by atoms with Gasteiger partial charge in [0.2, 0.25) is 0 Å². The molecular weight excluding hydrogens is 475 g/mol. The molecule has 0 aliphatic rings. The number of hydrogen-bond acceptors (Lipinski definition) is 2. The highest BCUT2D eigenvalue weighted by Crippen LogP contribution is 2.36. The maximum Gasteiger partial charge on any atom is 0.116 e. The molecule has 5 rings (SSSR count). The van der Waals surface area contributed by atoms with E-state index in [1.165, 1.54) is 5.56 Å². The molecule has 164 valence electrons. The number of hydrogen-bond donors (Lipinski definition) is 0. The Labute approximate surface area is 207 Å². The number of benzene rings is 3. The first kappa shape index (κ1) is 21.8. The van der Waals surface area contributed by atoms with Gasteiger partial charge in [-0.2, -0.15) is 5.10 Å². The van der Waals surface area contributed by atoms with Gasteiger partial charge < -0.3 is 4.57 Å². The summed E-state index contributed by atoms with van der Waals surface area (Å²) in [5.41, 5.74) is 6.42. The standard InChI is InChI=1S/C26H19Cl3N4/c1-17-25(23-15-32(16-30-23)14-18-5-3-2-4-6-18)31-33(24-12-11-21(28)13-22(24)29)26(17)19-7-9-20(27)10-8-19/h2-13,15-16H,14H2,1H3. The first-order valence-corrected chi connectivity index (χ1v) is 11.5. The zero-order valence-corrected chi connectivity index (χ0v) is 20.0. The van der Waals surface area contributed by atoms with Crippen molar-refractivity contribution in [3.63, 3.8) is 0 Å². The van der Waals surface area contributed by atoms with Crippen LogP contribution < -0.4 is 0 Å². The quantitative estimate of drug-likeness (QED) is 0.251. The monoisotopic (exact) mass is 492 g/mol. The average molecular weight is 494 g/mol. The maximum atomic E-state index is 6.56. The van der Waals surface area contributed by atoms with Crippen LogP contribution in [0, 0.1) is 6.92 Å². The summed E-state index contributed by atoms with van der Waals surface area (Å²) in [5.74, 6) is 0. The third kappa shape index (κ3) is 4.42. The van der Waals surface area contributed by atoms with E-state index < -0.39 is 0 Å². The molecule has 0 fully saturated rings. The van der Waals surface area contributed by atoms with Crippen LogP contribution in [0.4, 0.5) is 0 Å². The molecule has 0 N–H and O–H groups in total. The van der Waals surface area contributed by atoms with E-state index in [0.717, 1.165) is 40.4 Å². The van der Waals surface area contributed by atoms with Crippen LogP contribution in [0.25, 0.3) is 28.3 Å². The van der Waals surface area contributed by atoms with Gasteiger partial charge in [-0.05, 0) is 42.8 Å². The second-order valence-electron chi connectivity index (χ2n) is 7.75. The largest absolute Gasteiger partial charge is 0.332 e. The zero-order valence-electron chi connectivity index (χ0n) is 17.7. The fourth-order valence-electron chi connectivity index (χ4n) is 3.88. The van der Waals surface area contributed by atoms with E-state index in [1.54, 1.807) is 12.1 Å². The Balaban J connectivity index is 1.63. The van der Waals surface area contributed by atoms with Crippen LogP contribution in [0.5, 0.6) is 0 Å². The van der Waals surface area contributed by atoms with Crippen LogP contribution in [-0.4, -0.2) is 19.3 Å². The molecule has 4 nitrogen and oxygen atoms in total. The van der Waals surface area contributed by atoms with Gasteiger partial charge in [0, 0.05) is 33.9 Å². The van der Waals surface area contributed by atoms with Gasteiger partial charge in [0.05, 0.1) is 22.7 Å². The van der Waals surface area contributed by atoms with Crippen LogP contribution in [0.15, 0.2) is 85.3 Å². The van der Waals surface area contributed by atoms with Crippen molar-refractivity contribution in [2.45, 2.75) is 13.5 Å². The Morgan fingerprint density at radius 2 is 1.58 bits per heavy atom. The summed E-state index contributed by atoms with van der Waals surface area (Å²) in [6, 6.07) is 23.4. The Hall–Kier alpha value is -3.05. The molecule has 0 saturated heterocycles. The molecule has 0 radical (unpaired) electrons. The summed E-state index contributed by atoms with van der Waals surface area (Å²) in [6.45, 7) is 2.78. The molecule has 7 heteroatoms. The highest BCUT2D eigenvalue weighted by molar-refractivity contribution is 6.35.